The van der Waals surface area contributed by atoms with E-state index in [2.05, 4.69) is 6.92 Å². The van der Waals surface area contributed by atoms with E-state index in [1.54, 1.807) is 17.8 Å². The minimum Gasteiger partial charge on any atom is -0.463 e. The van der Waals surface area contributed by atoms with Crippen LogP contribution in [0.15, 0.2) is 11.6 Å². The number of hydrogen-bond acceptors (Lipinski definition) is 4. The van der Waals surface area contributed by atoms with Crippen molar-refractivity contribution in [2.45, 2.75) is 32.1 Å². The predicted molar refractivity (Wildman–Crippen MR) is 61.8 cm³/mol. The quantitative estimate of drug-likeness (QED) is 0.548. The van der Waals surface area contributed by atoms with Gasteiger partial charge in [-0.05, 0) is 31.1 Å². The first-order valence-electron chi connectivity index (χ1n) is 5.38. The van der Waals surface area contributed by atoms with E-state index in [-0.39, 0.29) is 11.4 Å². The van der Waals surface area contributed by atoms with E-state index in [9.17, 15) is 4.79 Å². The fourth-order valence-electron chi connectivity index (χ4n) is 1.47. The van der Waals surface area contributed by atoms with Gasteiger partial charge in [-0.25, -0.2) is 4.79 Å². The maximum atomic E-state index is 11.3. The molecule has 4 heteroatoms. The monoisotopic (exact) mass is 230 g/mol. The third-order valence-corrected chi connectivity index (χ3v) is 3.16. The molecular formula is C11H18O3S. The summed E-state index contributed by atoms with van der Waals surface area (Å²) in [5, 5.41) is 0. The minimum absolute atomic E-state index is 0.0492. The molecule has 0 aliphatic carbocycles. The zero-order valence-corrected chi connectivity index (χ0v) is 10.1. The normalized spacial score (nSPS) is 24.1. The lowest BCUT2D eigenvalue weighted by Gasteiger charge is -2.24. The molecule has 1 atom stereocenters. The summed E-state index contributed by atoms with van der Waals surface area (Å²) in [6.45, 7) is 5.11. The molecule has 1 fully saturated rings. The molecule has 0 aromatic rings. The molecule has 0 bridgehead atoms. The van der Waals surface area contributed by atoms with Crippen molar-refractivity contribution in [2.24, 2.45) is 0 Å². The van der Waals surface area contributed by atoms with Crippen molar-refractivity contribution in [1.29, 1.82) is 0 Å². The fraction of sp³-hybridized carbons (Fsp3) is 0.727. The van der Waals surface area contributed by atoms with Crippen LogP contribution in [0.5, 0.6) is 0 Å². The molecule has 1 aliphatic heterocycles. The number of carbonyl (C=O) groups is 1. The zero-order chi connectivity index (χ0) is 11.1. The average Bonchev–Trinajstić information content (AvgIpc) is 2.21. The van der Waals surface area contributed by atoms with Gasteiger partial charge in [-0.3, -0.25) is 0 Å². The Morgan fingerprint density at radius 3 is 3.13 bits per heavy atom. The van der Waals surface area contributed by atoms with Crippen LogP contribution in [0.2, 0.25) is 0 Å². The van der Waals surface area contributed by atoms with Crippen molar-refractivity contribution >= 4 is 17.7 Å². The molecule has 3 nitrogen and oxygen atoms in total. The molecule has 0 aromatic heterocycles. The summed E-state index contributed by atoms with van der Waals surface area (Å²) in [5.74, 6) is 0.741. The van der Waals surface area contributed by atoms with Gasteiger partial charge in [0.15, 0.2) is 0 Å². The van der Waals surface area contributed by atoms with Crippen molar-refractivity contribution in [3.05, 3.63) is 11.6 Å². The highest BCUT2D eigenvalue weighted by Crippen LogP contribution is 2.28. The molecule has 1 heterocycles. The van der Waals surface area contributed by atoms with Crippen LogP contribution in [0.4, 0.5) is 0 Å². The Labute approximate surface area is 95.2 Å². The maximum Gasteiger partial charge on any atom is 0.330 e. The number of carbonyl (C=O) groups excluding carboxylic acids is 1. The van der Waals surface area contributed by atoms with E-state index in [4.69, 9.17) is 9.47 Å². The van der Waals surface area contributed by atoms with Crippen LogP contribution in [-0.2, 0) is 14.3 Å². The Balaban J connectivity index is 2.58. The Hall–Kier alpha value is -0.480. The van der Waals surface area contributed by atoms with Crippen molar-refractivity contribution in [3.63, 3.8) is 0 Å². The van der Waals surface area contributed by atoms with Crippen molar-refractivity contribution in [2.75, 3.05) is 19.0 Å². The summed E-state index contributed by atoms with van der Waals surface area (Å²) in [6, 6.07) is 0. The van der Waals surface area contributed by atoms with Crippen molar-refractivity contribution in [1.82, 2.24) is 0 Å². The van der Waals surface area contributed by atoms with Gasteiger partial charge in [-0.1, -0.05) is 6.92 Å². The molecular weight excluding hydrogens is 212 g/mol. The molecule has 1 rings (SSSR count). The van der Waals surface area contributed by atoms with E-state index >= 15 is 0 Å². The van der Waals surface area contributed by atoms with E-state index in [1.807, 2.05) is 6.92 Å². The van der Waals surface area contributed by atoms with E-state index in [0.29, 0.717) is 6.61 Å². The molecule has 1 unspecified atom stereocenters. The Morgan fingerprint density at radius 2 is 2.47 bits per heavy atom. The van der Waals surface area contributed by atoms with Gasteiger partial charge in [-0.2, -0.15) is 0 Å². The van der Waals surface area contributed by atoms with Gasteiger partial charge in [0.1, 0.15) is 5.44 Å². The second-order valence-corrected chi connectivity index (χ2v) is 4.57. The fourth-order valence-corrected chi connectivity index (χ4v) is 2.37. The molecule has 1 aliphatic rings. The SMILES string of the molecule is CCOC(=O)/C=C1/CCCOC1SCC. The Bertz CT molecular complexity index is 236. The first-order chi connectivity index (χ1) is 7.27. The van der Waals surface area contributed by atoms with Crippen LogP contribution in [0.3, 0.4) is 0 Å². The van der Waals surface area contributed by atoms with Gasteiger partial charge >= 0.3 is 5.97 Å². The lowest BCUT2D eigenvalue weighted by atomic mass is 10.1. The van der Waals surface area contributed by atoms with Gasteiger partial charge in [0.25, 0.3) is 0 Å². The summed E-state index contributed by atoms with van der Waals surface area (Å²) in [7, 11) is 0. The van der Waals surface area contributed by atoms with Gasteiger partial charge in [-0.15, -0.1) is 11.8 Å². The standard InChI is InChI=1S/C11H18O3S/c1-3-13-10(12)8-9-6-5-7-14-11(9)15-4-2/h8,11H,3-7H2,1-2H3/b9-8-. The lowest BCUT2D eigenvalue weighted by molar-refractivity contribution is -0.137. The molecule has 0 amide bonds. The van der Waals surface area contributed by atoms with Crippen LogP contribution >= 0.6 is 11.8 Å². The highest BCUT2D eigenvalue weighted by Gasteiger charge is 2.20. The third-order valence-electron chi connectivity index (χ3n) is 2.09. The Morgan fingerprint density at radius 1 is 1.67 bits per heavy atom. The van der Waals surface area contributed by atoms with E-state index < -0.39 is 0 Å². The maximum absolute atomic E-state index is 11.3. The first-order valence-corrected chi connectivity index (χ1v) is 6.43. The predicted octanol–water partition coefficient (Wildman–Crippen LogP) is 2.37. The van der Waals surface area contributed by atoms with Gasteiger partial charge in [0.05, 0.1) is 6.61 Å². The molecule has 15 heavy (non-hydrogen) atoms. The van der Waals surface area contributed by atoms with E-state index in [0.717, 1.165) is 30.8 Å². The highest BCUT2D eigenvalue weighted by molar-refractivity contribution is 7.99. The van der Waals surface area contributed by atoms with Crippen LogP contribution in [0.25, 0.3) is 0 Å². The number of esters is 1. The van der Waals surface area contributed by atoms with E-state index in [1.165, 1.54) is 0 Å². The minimum atomic E-state index is -0.250. The second kappa shape index (κ2) is 6.90. The molecule has 86 valence electrons. The molecule has 1 saturated heterocycles. The zero-order valence-electron chi connectivity index (χ0n) is 9.32. The van der Waals surface area contributed by atoms with Crippen LogP contribution in [0, 0.1) is 0 Å². The van der Waals surface area contributed by atoms with Gasteiger partial charge in [0, 0.05) is 12.7 Å². The number of hydrogen-bond donors (Lipinski definition) is 0. The molecule has 0 radical (unpaired) electrons. The Kier molecular flexibility index (Phi) is 5.79. The summed E-state index contributed by atoms with van der Waals surface area (Å²) in [4.78, 5) is 11.3. The lowest BCUT2D eigenvalue weighted by Crippen LogP contribution is -2.20. The highest BCUT2D eigenvalue weighted by atomic mass is 32.2. The smallest absolute Gasteiger partial charge is 0.330 e. The second-order valence-electron chi connectivity index (χ2n) is 3.23. The summed E-state index contributed by atoms with van der Waals surface area (Å²) >= 11 is 1.72. The van der Waals surface area contributed by atoms with Crippen LogP contribution in [0.1, 0.15) is 26.7 Å². The van der Waals surface area contributed by atoms with Gasteiger partial charge < -0.3 is 9.47 Å². The molecule has 0 saturated carbocycles. The number of ether oxygens (including phenoxy) is 2. The average molecular weight is 230 g/mol. The number of thioether (sulfide) groups is 1. The molecule has 0 aromatic carbocycles. The largest absolute Gasteiger partial charge is 0.463 e. The van der Waals surface area contributed by atoms with Crippen molar-refractivity contribution < 1.29 is 14.3 Å². The van der Waals surface area contributed by atoms with Crippen LogP contribution in [-0.4, -0.2) is 30.4 Å². The van der Waals surface area contributed by atoms with Crippen LogP contribution < -0.4 is 0 Å². The first kappa shape index (κ1) is 12.6. The van der Waals surface area contributed by atoms with Crippen molar-refractivity contribution in [3.8, 4) is 0 Å². The molecule has 0 spiro atoms. The summed E-state index contributed by atoms with van der Waals surface area (Å²) in [6.07, 6.45) is 3.53. The topological polar surface area (TPSA) is 35.5 Å². The summed E-state index contributed by atoms with van der Waals surface area (Å²) < 4.78 is 10.5. The number of rotatable bonds is 4. The summed E-state index contributed by atoms with van der Waals surface area (Å²) in [5.41, 5.74) is 1.11. The third kappa shape index (κ3) is 4.26. The molecule has 0 N–H and O–H groups in total. The van der Waals surface area contributed by atoms with Gasteiger partial charge in [0.2, 0.25) is 0 Å².